The molecule has 0 aliphatic rings. The number of hydrogen-bond donors (Lipinski definition) is 3. The molecule has 7 heteroatoms. The Morgan fingerprint density at radius 1 is 0.931 bits per heavy atom. The molecule has 0 atom stereocenters. The fourth-order valence-electron chi connectivity index (χ4n) is 2.71. The summed E-state index contributed by atoms with van der Waals surface area (Å²) in [7, 11) is 0. The fourth-order valence-corrected chi connectivity index (χ4v) is 2.98. The Bertz CT molecular complexity index is 1240. The summed E-state index contributed by atoms with van der Waals surface area (Å²) in [4.78, 5) is 12.9. The molecule has 3 N–H and O–H groups in total. The lowest BCUT2D eigenvalue weighted by Gasteiger charge is -2.08. The maximum absolute atomic E-state index is 12.9. The predicted molar refractivity (Wildman–Crippen MR) is 116 cm³/mol. The highest BCUT2D eigenvalue weighted by atomic mass is 79.9. The largest absolute Gasteiger partial charge is 0.508 e. The van der Waals surface area contributed by atoms with E-state index in [9.17, 15) is 9.90 Å². The van der Waals surface area contributed by atoms with Crippen molar-refractivity contribution in [1.82, 2.24) is 0 Å². The summed E-state index contributed by atoms with van der Waals surface area (Å²) in [6.07, 6.45) is 0. The van der Waals surface area contributed by atoms with Gasteiger partial charge in [0.1, 0.15) is 16.9 Å². The Hall–Kier alpha value is -3.58. The summed E-state index contributed by atoms with van der Waals surface area (Å²) in [6.45, 7) is 0. The van der Waals surface area contributed by atoms with E-state index < -0.39 is 0 Å². The van der Waals surface area contributed by atoms with Gasteiger partial charge in [-0.1, -0.05) is 34.1 Å². The molecular formula is C22H16BrN3O3. The Kier molecular flexibility index (Phi) is 5.31. The quantitative estimate of drug-likeness (QED) is 0.379. The molecule has 4 aromatic rings. The molecule has 1 amide bonds. The number of rotatable bonds is 4. The summed E-state index contributed by atoms with van der Waals surface area (Å²) in [5.74, 6) is -0.296. The fraction of sp³-hybridized carbons (Fsp3) is 0. The lowest BCUT2D eigenvalue weighted by Crippen LogP contribution is -2.22. The molecule has 6 nitrogen and oxygen atoms in total. The van der Waals surface area contributed by atoms with Gasteiger partial charge in [-0.25, -0.2) is 0 Å². The molecule has 0 fully saturated rings. The summed E-state index contributed by atoms with van der Waals surface area (Å²) in [5, 5.41) is 17.5. The van der Waals surface area contributed by atoms with Crippen LogP contribution in [0.3, 0.4) is 0 Å². The lowest BCUT2D eigenvalue weighted by molar-refractivity contribution is 0.102. The summed E-state index contributed by atoms with van der Waals surface area (Å²) < 4.78 is 6.73. The van der Waals surface area contributed by atoms with E-state index in [1.54, 1.807) is 24.3 Å². The Balaban J connectivity index is 1.76. The molecule has 0 saturated carbocycles. The van der Waals surface area contributed by atoms with Gasteiger partial charge in [0, 0.05) is 21.6 Å². The molecule has 0 unspecified atom stereocenters. The molecule has 0 aliphatic carbocycles. The van der Waals surface area contributed by atoms with E-state index in [1.165, 1.54) is 12.1 Å². The van der Waals surface area contributed by atoms with Crippen LogP contribution in [0.4, 0.5) is 11.4 Å². The van der Waals surface area contributed by atoms with Crippen molar-refractivity contribution in [2.45, 2.75) is 0 Å². The van der Waals surface area contributed by atoms with Crippen molar-refractivity contribution >= 4 is 44.2 Å². The van der Waals surface area contributed by atoms with Crippen LogP contribution >= 0.6 is 15.9 Å². The summed E-state index contributed by atoms with van der Waals surface area (Å²) >= 11 is 3.37. The molecule has 0 radical (unpaired) electrons. The van der Waals surface area contributed by atoms with Crippen LogP contribution in [0.25, 0.3) is 11.0 Å². The molecule has 1 heterocycles. The second kappa shape index (κ2) is 8.20. The molecule has 4 rings (SSSR count). The summed E-state index contributed by atoms with van der Waals surface area (Å²) in [6, 6.07) is 23.0. The third-order valence-electron chi connectivity index (χ3n) is 4.14. The lowest BCUT2D eigenvalue weighted by atomic mass is 10.1. The van der Waals surface area contributed by atoms with Gasteiger partial charge in [-0.3, -0.25) is 10.2 Å². The number of phenolic OH excluding ortho intramolecular Hbond substituents is 1. The smallest absolute Gasteiger partial charge is 0.261 e. The maximum Gasteiger partial charge on any atom is 0.261 e. The minimum absolute atomic E-state index is 0.0651. The molecule has 0 saturated heterocycles. The third kappa shape index (κ3) is 4.47. The van der Waals surface area contributed by atoms with Crippen molar-refractivity contribution in [2.75, 3.05) is 10.7 Å². The standard InChI is InChI=1S/C22H16BrN3O3/c23-15-7-9-16(10-8-15)24-21(28)19-12-14-6-11-18(27)13-20(14)29-22(19)26-25-17-4-2-1-3-5-17/h1-13,25,27H,(H,24,28). The second-order valence-corrected chi connectivity index (χ2v) is 7.15. The Labute approximate surface area is 174 Å². The number of anilines is 2. The highest BCUT2D eigenvalue weighted by Gasteiger charge is 2.13. The van der Waals surface area contributed by atoms with Crippen LogP contribution in [0.15, 0.2) is 92.9 Å². The van der Waals surface area contributed by atoms with E-state index in [0.717, 1.165) is 10.2 Å². The van der Waals surface area contributed by atoms with E-state index in [1.807, 2.05) is 42.5 Å². The number of hydrogen-bond acceptors (Lipinski definition) is 5. The number of para-hydroxylation sites is 1. The van der Waals surface area contributed by atoms with Gasteiger partial charge in [0.05, 0.1) is 5.69 Å². The van der Waals surface area contributed by atoms with Gasteiger partial charge in [-0.05, 0) is 54.6 Å². The minimum atomic E-state index is -0.361. The number of nitrogens with one attached hydrogen (secondary N) is 2. The van der Waals surface area contributed by atoms with Crippen molar-refractivity contribution in [2.24, 2.45) is 5.10 Å². The zero-order valence-electron chi connectivity index (χ0n) is 15.1. The van der Waals surface area contributed by atoms with Gasteiger partial charge in [0.25, 0.3) is 5.91 Å². The van der Waals surface area contributed by atoms with Crippen LogP contribution in [-0.4, -0.2) is 11.0 Å². The van der Waals surface area contributed by atoms with Crippen molar-refractivity contribution in [3.8, 4) is 5.75 Å². The highest BCUT2D eigenvalue weighted by Crippen LogP contribution is 2.20. The molecular weight excluding hydrogens is 434 g/mol. The molecule has 0 bridgehead atoms. The van der Waals surface area contributed by atoms with E-state index >= 15 is 0 Å². The van der Waals surface area contributed by atoms with Crippen LogP contribution in [-0.2, 0) is 0 Å². The molecule has 0 aliphatic heterocycles. The Morgan fingerprint density at radius 2 is 1.69 bits per heavy atom. The predicted octanol–water partition coefficient (Wildman–Crippen LogP) is 5.08. The number of carbonyl (C=O) groups is 1. The highest BCUT2D eigenvalue weighted by molar-refractivity contribution is 9.10. The van der Waals surface area contributed by atoms with Gasteiger partial charge < -0.3 is 14.8 Å². The number of phenols is 1. The van der Waals surface area contributed by atoms with Crippen molar-refractivity contribution in [3.63, 3.8) is 0 Å². The average Bonchev–Trinajstić information content (AvgIpc) is 2.74. The molecule has 1 aromatic heterocycles. The molecule has 0 spiro atoms. The number of halogens is 1. The number of amides is 1. The van der Waals surface area contributed by atoms with Crippen molar-refractivity contribution < 1.29 is 14.3 Å². The first-order valence-electron chi connectivity index (χ1n) is 8.77. The van der Waals surface area contributed by atoms with Gasteiger partial charge in [-0.15, -0.1) is 5.10 Å². The van der Waals surface area contributed by atoms with Gasteiger partial charge >= 0.3 is 0 Å². The topological polar surface area (TPSA) is 86.9 Å². The average molecular weight is 450 g/mol. The van der Waals surface area contributed by atoms with E-state index in [0.29, 0.717) is 16.7 Å². The van der Waals surface area contributed by atoms with E-state index in [-0.39, 0.29) is 22.8 Å². The van der Waals surface area contributed by atoms with Crippen LogP contribution in [0, 0.1) is 0 Å². The van der Waals surface area contributed by atoms with Crippen molar-refractivity contribution in [1.29, 1.82) is 0 Å². The van der Waals surface area contributed by atoms with Gasteiger partial charge in [0.15, 0.2) is 0 Å². The van der Waals surface area contributed by atoms with E-state index in [2.05, 4.69) is 31.8 Å². The normalized spacial score (nSPS) is 11.4. The summed E-state index contributed by atoms with van der Waals surface area (Å²) in [5.41, 5.74) is 5.06. The van der Waals surface area contributed by atoms with Crippen LogP contribution < -0.4 is 16.3 Å². The molecule has 3 aromatic carbocycles. The minimum Gasteiger partial charge on any atom is -0.508 e. The zero-order chi connectivity index (χ0) is 20.2. The third-order valence-corrected chi connectivity index (χ3v) is 4.67. The first kappa shape index (κ1) is 18.8. The molecule has 144 valence electrons. The van der Waals surface area contributed by atoms with Crippen LogP contribution in [0.1, 0.15) is 10.4 Å². The SMILES string of the molecule is O=C(Nc1ccc(Br)cc1)c1cc2ccc(O)cc2oc1=NNc1ccccc1. The number of nitrogens with zero attached hydrogens (tertiary/aromatic N) is 1. The van der Waals surface area contributed by atoms with Gasteiger partial charge in [0.2, 0.25) is 5.55 Å². The monoisotopic (exact) mass is 449 g/mol. The van der Waals surface area contributed by atoms with E-state index in [4.69, 9.17) is 4.42 Å². The molecule has 29 heavy (non-hydrogen) atoms. The van der Waals surface area contributed by atoms with Crippen molar-refractivity contribution in [3.05, 3.63) is 94.5 Å². The second-order valence-electron chi connectivity index (χ2n) is 6.24. The van der Waals surface area contributed by atoms with Gasteiger partial charge in [-0.2, -0.15) is 0 Å². The van der Waals surface area contributed by atoms with Crippen LogP contribution in [0.2, 0.25) is 0 Å². The number of aromatic hydroxyl groups is 1. The Morgan fingerprint density at radius 3 is 2.45 bits per heavy atom. The number of fused-ring (bicyclic) bond motifs is 1. The maximum atomic E-state index is 12.9. The first-order valence-corrected chi connectivity index (χ1v) is 9.56. The zero-order valence-corrected chi connectivity index (χ0v) is 16.7. The van der Waals surface area contributed by atoms with Crippen LogP contribution in [0.5, 0.6) is 5.75 Å². The number of benzene rings is 3. The first-order chi connectivity index (χ1) is 14.1. The number of carbonyl (C=O) groups excluding carboxylic acids is 1.